The van der Waals surface area contributed by atoms with E-state index in [1.807, 2.05) is 0 Å². The van der Waals surface area contributed by atoms with Gasteiger partial charge < -0.3 is 15.1 Å². The molecule has 0 heterocycles. The highest BCUT2D eigenvalue weighted by Gasteiger charge is 2.17. The molecule has 1 unspecified atom stereocenters. The van der Waals surface area contributed by atoms with E-state index in [0.29, 0.717) is 5.56 Å². The van der Waals surface area contributed by atoms with E-state index in [0.717, 1.165) is 0 Å². The first-order chi connectivity index (χ1) is 8.40. The lowest BCUT2D eigenvalue weighted by molar-refractivity contribution is -0.142. The maximum absolute atomic E-state index is 11.8. The molecular weight excluding hydrogens is 234 g/mol. The van der Waals surface area contributed by atoms with Gasteiger partial charge in [-0.1, -0.05) is 19.1 Å². The second-order valence-corrected chi connectivity index (χ2v) is 4.36. The lowest BCUT2D eigenvalue weighted by atomic mass is 10.1. The number of rotatable bonds is 5. The summed E-state index contributed by atoms with van der Waals surface area (Å²) in [4.78, 5) is 23.9. The van der Waals surface area contributed by atoms with Gasteiger partial charge in [0.25, 0.3) is 0 Å². The summed E-state index contributed by atoms with van der Waals surface area (Å²) in [6, 6.07) is 6.46. The Bertz CT molecular complexity index is 444. The number of phenols is 1. The molecule has 0 bridgehead atoms. The molecule has 0 aliphatic heterocycles. The highest BCUT2D eigenvalue weighted by Crippen LogP contribution is 2.12. The molecule has 5 heteroatoms. The minimum absolute atomic E-state index is 0.113. The summed E-state index contributed by atoms with van der Waals surface area (Å²) in [5.74, 6) is -1.58. The Morgan fingerprint density at radius 2 is 2.06 bits per heavy atom. The number of phenolic OH excluding ortho intramolecular Hbond substituents is 1. The molecule has 1 amide bonds. The Morgan fingerprint density at radius 1 is 1.39 bits per heavy atom. The van der Waals surface area contributed by atoms with Crippen LogP contribution in [0.15, 0.2) is 24.3 Å². The second-order valence-electron chi connectivity index (χ2n) is 4.36. The van der Waals surface area contributed by atoms with E-state index in [1.165, 1.54) is 17.0 Å². The third-order valence-corrected chi connectivity index (χ3v) is 2.66. The molecule has 2 N–H and O–H groups in total. The number of likely N-dealkylation sites (N-methyl/N-ethyl adjacent to an activating group) is 1. The average Bonchev–Trinajstić information content (AvgIpc) is 2.28. The predicted molar refractivity (Wildman–Crippen MR) is 66.2 cm³/mol. The first-order valence-electron chi connectivity index (χ1n) is 5.65. The van der Waals surface area contributed by atoms with Gasteiger partial charge in [0.2, 0.25) is 5.91 Å². The molecule has 0 radical (unpaired) electrons. The zero-order valence-electron chi connectivity index (χ0n) is 10.5. The average molecular weight is 251 g/mol. The van der Waals surface area contributed by atoms with Crippen molar-refractivity contribution in [2.75, 3.05) is 13.6 Å². The summed E-state index contributed by atoms with van der Waals surface area (Å²) >= 11 is 0. The van der Waals surface area contributed by atoms with Crippen molar-refractivity contribution in [3.63, 3.8) is 0 Å². The normalized spacial score (nSPS) is 11.9. The predicted octanol–water partition coefficient (Wildman–Crippen LogP) is 1.11. The summed E-state index contributed by atoms with van der Waals surface area (Å²) in [5, 5.41) is 18.0. The van der Waals surface area contributed by atoms with Crippen molar-refractivity contribution in [2.45, 2.75) is 13.3 Å². The molecule has 0 fully saturated rings. The zero-order chi connectivity index (χ0) is 13.7. The number of carboxylic acid groups (broad SMARTS) is 1. The number of nitrogens with zero attached hydrogens (tertiary/aromatic N) is 1. The van der Waals surface area contributed by atoms with Gasteiger partial charge in [-0.25, -0.2) is 0 Å². The molecule has 0 aliphatic carbocycles. The van der Waals surface area contributed by atoms with Gasteiger partial charge in [-0.15, -0.1) is 0 Å². The molecule has 18 heavy (non-hydrogen) atoms. The first-order valence-corrected chi connectivity index (χ1v) is 5.65. The van der Waals surface area contributed by atoms with Crippen molar-refractivity contribution in [2.24, 2.45) is 5.92 Å². The maximum atomic E-state index is 11.8. The SMILES string of the molecule is CC(CN(C)C(=O)Cc1cccc(O)c1)C(=O)O. The van der Waals surface area contributed by atoms with Crippen LogP contribution in [0.2, 0.25) is 0 Å². The molecule has 0 saturated carbocycles. The number of carboxylic acids is 1. The molecule has 1 atom stereocenters. The third kappa shape index (κ3) is 4.08. The second kappa shape index (κ2) is 6.05. The van der Waals surface area contributed by atoms with Gasteiger partial charge >= 0.3 is 5.97 Å². The van der Waals surface area contributed by atoms with Crippen LogP contribution in [0.25, 0.3) is 0 Å². The number of carbonyl (C=O) groups excluding carboxylic acids is 1. The van der Waals surface area contributed by atoms with E-state index >= 15 is 0 Å². The molecule has 5 nitrogen and oxygen atoms in total. The van der Waals surface area contributed by atoms with Crippen molar-refractivity contribution in [3.05, 3.63) is 29.8 Å². The van der Waals surface area contributed by atoms with Gasteiger partial charge in [-0.2, -0.15) is 0 Å². The molecule has 0 aliphatic rings. The Balaban J connectivity index is 2.57. The van der Waals surface area contributed by atoms with Crippen LogP contribution in [0.1, 0.15) is 12.5 Å². The number of aromatic hydroxyl groups is 1. The monoisotopic (exact) mass is 251 g/mol. The Labute approximate surface area is 106 Å². The van der Waals surface area contributed by atoms with Crippen LogP contribution in [0.5, 0.6) is 5.75 Å². The van der Waals surface area contributed by atoms with Crippen LogP contribution in [0, 0.1) is 5.92 Å². The van der Waals surface area contributed by atoms with Gasteiger partial charge in [0.15, 0.2) is 0 Å². The number of amides is 1. The minimum Gasteiger partial charge on any atom is -0.508 e. The Hall–Kier alpha value is -2.04. The molecule has 98 valence electrons. The number of carbonyl (C=O) groups is 2. The summed E-state index contributed by atoms with van der Waals surface area (Å²) in [7, 11) is 1.57. The number of benzene rings is 1. The first kappa shape index (κ1) is 14.0. The maximum Gasteiger partial charge on any atom is 0.308 e. The van der Waals surface area contributed by atoms with Crippen molar-refractivity contribution in [3.8, 4) is 5.75 Å². The van der Waals surface area contributed by atoms with Crippen molar-refractivity contribution < 1.29 is 19.8 Å². The standard InChI is InChI=1S/C13H17NO4/c1-9(13(17)18)8-14(2)12(16)7-10-4-3-5-11(15)6-10/h3-6,9,15H,7-8H2,1-2H3,(H,17,18). The van der Waals surface area contributed by atoms with Gasteiger partial charge in [0, 0.05) is 13.6 Å². The lowest BCUT2D eigenvalue weighted by Gasteiger charge is -2.19. The van der Waals surface area contributed by atoms with Gasteiger partial charge in [0.05, 0.1) is 12.3 Å². The summed E-state index contributed by atoms with van der Waals surface area (Å²) in [6.07, 6.45) is 0.150. The van der Waals surface area contributed by atoms with Gasteiger partial charge in [-0.05, 0) is 17.7 Å². The zero-order valence-corrected chi connectivity index (χ0v) is 10.5. The fourth-order valence-corrected chi connectivity index (χ4v) is 1.57. The molecule has 0 spiro atoms. The van der Waals surface area contributed by atoms with E-state index in [1.54, 1.807) is 26.1 Å². The Morgan fingerprint density at radius 3 is 2.61 bits per heavy atom. The fraction of sp³-hybridized carbons (Fsp3) is 0.385. The van der Waals surface area contributed by atoms with E-state index in [-0.39, 0.29) is 24.6 Å². The molecule has 0 aromatic heterocycles. The van der Waals surface area contributed by atoms with E-state index in [4.69, 9.17) is 5.11 Å². The van der Waals surface area contributed by atoms with E-state index in [9.17, 15) is 14.7 Å². The topological polar surface area (TPSA) is 77.8 Å². The van der Waals surface area contributed by atoms with Crippen LogP contribution >= 0.6 is 0 Å². The van der Waals surface area contributed by atoms with Crippen molar-refractivity contribution in [1.82, 2.24) is 4.90 Å². The number of hydrogen-bond donors (Lipinski definition) is 2. The molecule has 0 saturated heterocycles. The smallest absolute Gasteiger partial charge is 0.308 e. The lowest BCUT2D eigenvalue weighted by Crippen LogP contribution is -2.34. The largest absolute Gasteiger partial charge is 0.508 e. The third-order valence-electron chi connectivity index (χ3n) is 2.66. The fourth-order valence-electron chi connectivity index (χ4n) is 1.57. The highest BCUT2D eigenvalue weighted by molar-refractivity contribution is 5.79. The van der Waals surface area contributed by atoms with Crippen molar-refractivity contribution in [1.29, 1.82) is 0 Å². The van der Waals surface area contributed by atoms with Gasteiger partial charge in [0.1, 0.15) is 5.75 Å². The van der Waals surface area contributed by atoms with E-state index < -0.39 is 11.9 Å². The van der Waals surface area contributed by atoms with Crippen molar-refractivity contribution >= 4 is 11.9 Å². The van der Waals surface area contributed by atoms with Crippen LogP contribution in [0.4, 0.5) is 0 Å². The number of hydrogen-bond acceptors (Lipinski definition) is 3. The van der Waals surface area contributed by atoms with Crippen LogP contribution in [-0.2, 0) is 16.0 Å². The summed E-state index contributed by atoms with van der Waals surface area (Å²) in [6.45, 7) is 1.73. The van der Waals surface area contributed by atoms with Crippen LogP contribution in [-0.4, -0.2) is 40.6 Å². The summed E-state index contributed by atoms with van der Waals surface area (Å²) in [5.41, 5.74) is 0.704. The quantitative estimate of drug-likeness (QED) is 0.821. The van der Waals surface area contributed by atoms with Crippen LogP contribution < -0.4 is 0 Å². The number of aliphatic carboxylic acids is 1. The Kier molecular flexibility index (Phi) is 4.71. The molecule has 1 aromatic rings. The minimum atomic E-state index is -0.924. The molecule has 1 aromatic carbocycles. The highest BCUT2D eigenvalue weighted by atomic mass is 16.4. The molecule has 1 rings (SSSR count). The van der Waals surface area contributed by atoms with E-state index in [2.05, 4.69) is 0 Å². The summed E-state index contributed by atoms with van der Waals surface area (Å²) < 4.78 is 0. The molecular formula is C13H17NO4. The van der Waals surface area contributed by atoms with Crippen LogP contribution in [0.3, 0.4) is 0 Å². The van der Waals surface area contributed by atoms with Gasteiger partial charge in [-0.3, -0.25) is 9.59 Å².